The zero-order valence-corrected chi connectivity index (χ0v) is 10.8. The fourth-order valence-electron chi connectivity index (χ4n) is 2.04. The van der Waals surface area contributed by atoms with E-state index in [1.165, 1.54) is 12.1 Å². The number of aryl methyl sites for hydroxylation is 1. The molecule has 2 heterocycles. The van der Waals surface area contributed by atoms with E-state index in [-0.39, 0.29) is 11.7 Å². The summed E-state index contributed by atoms with van der Waals surface area (Å²) in [5.41, 5.74) is 2.34. The molecule has 0 unspecified atom stereocenters. The highest BCUT2D eigenvalue weighted by molar-refractivity contribution is 6.05. The van der Waals surface area contributed by atoms with Gasteiger partial charge < -0.3 is 10.3 Å². The maximum Gasteiger partial charge on any atom is 0.272 e. The van der Waals surface area contributed by atoms with Gasteiger partial charge in [-0.3, -0.25) is 4.79 Å². The highest BCUT2D eigenvalue weighted by Gasteiger charge is 2.11. The number of rotatable bonds is 2. The van der Waals surface area contributed by atoms with Crippen molar-refractivity contribution in [2.75, 3.05) is 5.32 Å². The molecule has 0 aliphatic carbocycles. The Labute approximate surface area is 114 Å². The number of aromatic nitrogens is 2. The first-order valence-corrected chi connectivity index (χ1v) is 6.15. The quantitative estimate of drug-likeness (QED) is 0.750. The van der Waals surface area contributed by atoms with Gasteiger partial charge in [0.05, 0.1) is 0 Å². The first-order chi connectivity index (χ1) is 9.63. The lowest BCUT2D eigenvalue weighted by Crippen LogP contribution is -2.13. The van der Waals surface area contributed by atoms with Crippen molar-refractivity contribution in [3.05, 3.63) is 59.7 Å². The topological polar surface area (TPSA) is 57.8 Å². The number of carbonyl (C=O) groups excluding carboxylic acids is 1. The van der Waals surface area contributed by atoms with Crippen LogP contribution in [0.4, 0.5) is 10.1 Å². The summed E-state index contributed by atoms with van der Waals surface area (Å²) in [5, 5.41) is 3.62. The Hall–Kier alpha value is -2.69. The third-order valence-electron chi connectivity index (χ3n) is 3.07. The molecule has 3 aromatic rings. The van der Waals surface area contributed by atoms with E-state index in [0.29, 0.717) is 22.6 Å². The van der Waals surface area contributed by atoms with E-state index in [1.54, 1.807) is 25.3 Å². The van der Waals surface area contributed by atoms with E-state index >= 15 is 0 Å². The molecule has 0 aliphatic heterocycles. The number of carbonyl (C=O) groups is 1. The first kappa shape index (κ1) is 12.3. The smallest absolute Gasteiger partial charge is 0.272 e. The number of benzene rings is 1. The Morgan fingerprint density at radius 3 is 2.90 bits per heavy atom. The predicted octanol–water partition coefficient (Wildman–Crippen LogP) is 3.26. The number of aromatic amines is 1. The summed E-state index contributed by atoms with van der Waals surface area (Å²) < 4.78 is 13.0. The number of nitrogens with zero attached hydrogens (tertiary/aromatic N) is 1. The number of amides is 1. The van der Waals surface area contributed by atoms with Crippen molar-refractivity contribution < 1.29 is 9.18 Å². The molecule has 5 heteroatoms. The predicted molar refractivity (Wildman–Crippen MR) is 75.2 cm³/mol. The molecule has 0 atom stereocenters. The van der Waals surface area contributed by atoms with E-state index in [9.17, 15) is 9.18 Å². The molecule has 0 spiro atoms. The van der Waals surface area contributed by atoms with Crippen LogP contribution in [0.2, 0.25) is 0 Å². The molecular weight excluding hydrogens is 257 g/mol. The van der Waals surface area contributed by atoms with Crippen LogP contribution in [0.1, 0.15) is 16.1 Å². The van der Waals surface area contributed by atoms with Crippen LogP contribution in [0, 0.1) is 12.7 Å². The molecule has 0 aliphatic rings. The second-order valence-corrected chi connectivity index (χ2v) is 4.54. The lowest BCUT2D eigenvalue weighted by Gasteiger charge is -2.07. The normalized spacial score (nSPS) is 10.7. The van der Waals surface area contributed by atoms with Gasteiger partial charge in [-0.15, -0.1) is 0 Å². The van der Waals surface area contributed by atoms with Crippen LogP contribution in [-0.4, -0.2) is 15.9 Å². The minimum Gasteiger partial charge on any atom is -0.335 e. The lowest BCUT2D eigenvalue weighted by molar-refractivity contribution is 0.102. The average molecular weight is 269 g/mol. The Balaban J connectivity index is 1.89. The van der Waals surface area contributed by atoms with Crippen LogP contribution in [-0.2, 0) is 0 Å². The van der Waals surface area contributed by atoms with Gasteiger partial charge in [-0.1, -0.05) is 0 Å². The summed E-state index contributed by atoms with van der Waals surface area (Å²) in [6.45, 7) is 1.74. The van der Waals surface area contributed by atoms with Gasteiger partial charge >= 0.3 is 0 Å². The summed E-state index contributed by atoms with van der Waals surface area (Å²) in [4.78, 5) is 19.2. The first-order valence-electron chi connectivity index (χ1n) is 6.15. The molecule has 0 fully saturated rings. The van der Waals surface area contributed by atoms with Gasteiger partial charge in [0.25, 0.3) is 5.91 Å². The molecule has 2 aromatic heterocycles. The summed E-state index contributed by atoms with van der Waals surface area (Å²) in [6.07, 6.45) is 1.66. The Bertz CT molecular complexity index is 762. The molecule has 4 nitrogen and oxygen atoms in total. The van der Waals surface area contributed by atoms with Gasteiger partial charge in [0.15, 0.2) is 0 Å². The van der Waals surface area contributed by atoms with E-state index in [0.717, 1.165) is 5.39 Å². The molecule has 3 rings (SSSR count). The van der Waals surface area contributed by atoms with Crippen molar-refractivity contribution in [2.45, 2.75) is 6.92 Å². The minimum absolute atomic E-state index is 0.280. The van der Waals surface area contributed by atoms with Crippen LogP contribution >= 0.6 is 0 Å². The highest BCUT2D eigenvalue weighted by atomic mass is 19.1. The zero-order valence-electron chi connectivity index (χ0n) is 10.8. The second-order valence-electron chi connectivity index (χ2n) is 4.54. The molecule has 2 N–H and O–H groups in total. The molecule has 0 saturated carbocycles. The fraction of sp³-hybridized carbons (Fsp3) is 0.0667. The van der Waals surface area contributed by atoms with Crippen molar-refractivity contribution in [1.82, 2.24) is 9.97 Å². The number of pyridine rings is 1. The third-order valence-corrected chi connectivity index (χ3v) is 3.07. The second kappa shape index (κ2) is 4.77. The molecular formula is C15H12FN3O. The minimum atomic E-state index is -0.324. The molecule has 100 valence electrons. The lowest BCUT2D eigenvalue weighted by atomic mass is 10.2. The standard InChI is InChI=1S/C15H12FN3O/c1-9-7-11(16)4-5-12(9)19-15(20)13-8-10-3-2-6-17-14(10)18-13/h2-8H,1H3,(H,17,18)(H,19,20). The number of hydrogen-bond acceptors (Lipinski definition) is 2. The van der Waals surface area contributed by atoms with Crippen LogP contribution in [0.15, 0.2) is 42.6 Å². The van der Waals surface area contributed by atoms with Crippen molar-refractivity contribution >= 4 is 22.6 Å². The van der Waals surface area contributed by atoms with E-state index in [4.69, 9.17) is 0 Å². The number of anilines is 1. The number of nitrogens with one attached hydrogen (secondary N) is 2. The van der Waals surface area contributed by atoms with Gasteiger partial charge in [0.2, 0.25) is 0 Å². The average Bonchev–Trinajstić information content (AvgIpc) is 2.86. The Kier molecular flexibility index (Phi) is 2.95. The molecule has 0 radical (unpaired) electrons. The monoisotopic (exact) mass is 269 g/mol. The SMILES string of the molecule is Cc1cc(F)ccc1NC(=O)c1cc2cccnc2[nH]1. The van der Waals surface area contributed by atoms with E-state index < -0.39 is 0 Å². The summed E-state index contributed by atoms with van der Waals surface area (Å²) in [5.74, 6) is -0.604. The molecule has 1 amide bonds. The van der Waals surface area contributed by atoms with Crippen molar-refractivity contribution in [3.8, 4) is 0 Å². The van der Waals surface area contributed by atoms with Gasteiger partial charge in [-0.25, -0.2) is 9.37 Å². The van der Waals surface area contributed by atoms with Crippen LogP contribution in [0.3, 0.4) is 0 Å². The van der Waals surface area contributed by atoms with Crippen molar-refractivity contribution in [1.29, 1.82) is 0 Å². The van der Waals surface area contributed by atoms with Crippen LogP contribution in [0.25, 0.3) is 11.0 Å². The largest absolute Gasteiger partial charge is 0.335 e. The zero-order chi connectivity index (χ0) is 14.1. The Morgan fingerprint density at radius 1 is 1.30 bits per heavy atom. The molecule has 20 heavy (non-hydrogen) atoms. The maximum atomic E-state index is 13.0. The van der Waals surface area contributed by atoms with E-state index in [1.807, 2.05) is 12.1 Å². The number of hydrogen-bond donors (Lipinski definition) is 2. The van der Waals surface area contributed by atoms with Gasteiger partial charge in [-0.05, 0) is 48.9 Å². The van der Waals surface area contributed by atoms with Crippen LogP contribution < -0.4 is 5.32 Å². The van der Waals surface area contributed by atoms with E-state index in [2.05, 4.69) is 15.3 Å². The highest BCUT2D eigenvalue weighted by Crippen LogP contribution is 2.18. The summed E-state index contributed by atoms with van der Waals surface area (Å²) >= 11 is 0. The molecule has 0 bridgehead atoms. The van der Waals surface area contributed by atoms with Gasteiger partial charge in [-0.2, -0.15) is 0 Å². The number of H-pyrrole nitrogens is 1. The number of halogens is 1. The van der Waals surface area contributed by atoms with Crippen molar-refractivity contribution in [3.63, 3.8) is 0 Å². The Morgan fingerprint density at radius 2 is 2.15 bits per heavy atom. The summed E-state index contributed by atoms with van der Waals surface area (Å²) in [7, 11) is 0. The third kappa shape index (κ3) is 2.25. The van der Waals surface area contributed by atoms with Gasteiger partial charge in [0, 0.05) is 17.3 Å². The van der Waals surface area contributed by atoms with Crippen molar-refractivity contribution in [2.24, 2.45) is 0 Å². The molecule has 0 saturated heterocycles. The number of fused-ring (bicyclic) bond motifs is 1. The van der Waals surface area contributed by atoms with Gasteiger partial charge in [0.1, 0.15) is 17.2 Å². The fourth-order valence-corrected chi connectivity index (χ4v) is 2.04. The molecule has 1 aromatic carbocycles. The summed E-state index contributed by atoms with van der Waals surface area (Å²) in [6, 6.07) is 9.65. The van der Waals surface area contributed by atoms with Crippen LogP contribution in [0.5, 0.6) is 0 Å². The maximum absolute atomic E-state index is 13.0.